The molecule has 0 fully saturated rings. The Bertz CT molecular complexity index is 564. The highest BCUT2D eigenvalue weighted by molar-refractivity contribution is 7.91. The lowest BCUT2D eigenvalue weighted by Gasteiger charge is -2.16. The van der Waals surface area contributed by atoms with E-state index in [1.54, 1.807) is 31.2 Å². The zero-order valence-electron chi connectivity index (χ0n) is 11.9. The summed E-state index contributed by atoms with van der Waals surface area (Å²) in [4.78, 5) is 1.92. The summed E-state index contributed by atoms with van der Waals surface area (Å²) in [5.41, 5.74) is 0.560. The summed E-state index contributed by atoms with van der Waals surface area (Å²) in [6, 6.07) is 9.02. The van der Waals surface area contributed by atoms with Gasteiger partial charge in [-0.3, -0.25) is 0 Å². The number of rotatable bonds is 8. The van der Waals surface area contributed by atoms with Crippen LogP contribution in [0, 0.1) is 11.3 Å². The van der Waals surface area contributed by atoms with E-state index in [9.17, 15) is 8.42 Å². The predicted molar refractivity (Wildman–Crippen MR) is 78.5 cm³/mol. The Morgan fingerprint density at radius 2 is 2.10 bits per heavy atom. The molecule has 0 saturated heterocycles. The monoisotopic (exact) mass is 296 g/mol. The number of likely N-dealkylation sites (N-methyl/N-ethyl adjacent to an activating group) is 1. The van der Waals surface area contributed by atoms with E-state index in [0.717, 1.165) is 0 Å². The first-order valence-electron chi connectivity index (χ1n) is 6.49. The molecule has 1 rings (SSSR count). The molecule has 1 aromatic rings. The molecule has 110 valence electrons. The Hall–Kier alpha value is -1.58. The highest BCUT2D eigenvalue weighted by Gasteiger charge is 2.09. The van der Waals surface area contributed by atoms with Crippen LogP contribution in [-0.2, 0) is 9.84 Å². The highest BCUT2D eigenvalue weighted by atomic mass is 32.2. The molecule has 0 amide bonds. The number of benzene rings is 1. The van der Waals surface area contributed by atoms with Gasteiger partial charge in [-0.25, -0.2) is 8.42 Å². The summed E-state index contributed by atoms with van der Waals surface area (Å²) >= 11 is 0. The van der Waals surface area contributed by atoms with Gasteiger partial charge >= 0.3 is 0 Å². The molecule has 0 atom stereocenters. The van der Waals surface area contributed by atoms with Crippen molar-refractivity contribution in [3.63, 3.8) is 0 Å². The van der Waals surface area contributed by atoms with Crippen LogP contribution in [0.1, 0.15) is 12.5 Å². The lowest BCUT2D eigenvalue weighted by molar-refractivity contribution is 0.244. The molecule has 0 saturated carbocycles. The molecule has 0 unspecified atom stereocenters. The topological polar surface area (TPSA) is 70.4 Å². The second-order valence-electron chi connectivity index (χ2n) is 4.53. The Labute approximate surface area is 120 Å². The van der Waals surface area contributed by atoms with E-state index in [1.807, 2.05) is 11.9 Å². The third-order valence-electron chi connectivity index (χ3n) is 2.93. The van der Waals surface area contributed by atoms with Gasteiger partial charge in [-0.05, 0) is 25.2 Å². The number of ether oxygens (including phenoxy) is 1. The van der Waals surface area contributed by atoms with E-state index in [-0.39, 0.29) is 11.5 Å². The summed E-state index contributed by atoms with van der Waals surface area (Å²) in [6.45, 7) is 3.24. The van der Waals surface area contributed by atoms with Gasteiger partial charge in [-0.1, -0.05) is 13.0 Å². The van der Waals surface area contributed by atoms with Gasteiger partial charge in [-0.15, -0.1) is 0 Å². The van der Waals surface area contributed by atoms with Crippen LogP contribution in [0.3, 0.4) is 0 Å². The van der Waals surface area contributed by atoms with Crippen LogP contribution >= 0.6 is 0 Å². The Morgan fingerprint density at radius 1 is 1.35 bits per heavy atom. The van der Waals surface area contributed by atoms with E-state index < -0.39 is 9.84 Å². The summed E-state index contributed by atoms with van der Waals surface area (Å²) in [5.74, 6) is 1.00. The number of nitrogens with zero attached hydrogens (tertiary/aromatic N) is 2. The molecule has 1 aromatic carbocycles. The molecular formula is C14H20N2O3S. The van der Waals surface area contributed by atoms with Crippen LogP contribution in [0.15, 0.2) is 24.3 Å². The van der Waals surface area contributed by atoms with Gasteiger partial charge in [0, 0.05) is 18.8 Å². The predicted octanol–water partition coefficient (Wildman–Crippen LogP) is 1.30. The number of sulfone groups is 1. The average Bonchev–Trinajstić information content (AvgIpc) is 2.45. The van der Waals surface area contributed by atoms with Crippen LogP contribution < -0.4 is 4.74 Å². The SMILES string of the molecule is CCS(=O)(=O)CCN(C)CCOc1cccc(C#N)c1. The van der Waals surface area contributed by atoms with Gasteiger partial charge < -0.3 is 9.64 Å². The zero-order chi connectivity index (χ0) is 15.0. The van der Waals surface area contributed by atoms with Crippen LogP contribution in [0.4, 0.5) is 0 Å². The maximum absolute atomic E-state index is 11.4. The summed E-state index contributed by atoms with van der Waals surface area (Å²) in [5, 5.41) is 8.77. The van der Waals surface area contributed by atoms with E-state index in [0.29, 0.717) is 31.0 Å². The quantitative estimate of drug-likeness (QED) is 0.723. The minimum absolute atomic E-state index is 0.171. The molecule has 0 radical (unpaired) electrons. The molecule has 0 N–H and O–H groups in total. The number of hydrogen-bond donors (Lipinski definition) is 0. The van der Waals surface area contributed by atoms with Gasteiger partial charge in [0.05, 0.1) is 17.4 Å². The smallest absolute Gasteiger partial charge is 0.151 e. The molecule has 5 nitrogen and oxygen atoms in total. The third kappa shape index (κ3) is 6.04. The lowest BCUT2D eigenvalue weighted by Crippen LogP contribution is -2.30. The minimum Gasteiger partial charge on any atom is -0.492 e. The van der Waals surface area contributed by atoms with Crippen molar-refractivity contribution in [3.8, 4) is 11.8 Å². The maximum Gasteiger partial charge on any atom is 0.151 e. The summed E-state index contributed by atoms with van der Waals surface area (Å²) in [6.07, 6.45) is 0. The Morgan fingerprint density at radius 3 is 2.75 bits per heavy atom. The van der Waals surface area contributed by atoms with Crippen LogP contribution in [0.5, 0.6) is 5.75 Å². The van der Waals surface area contributed by atoms with Crippen molar-refractivity contribution in [3.05, 3.63) is 29.8 Å². The fourth-order valence-corrected chi connectivity index (χ4v) is 2.40. The van der Waals surface area contributed by atoms with Crippen molar-refractivity contribution in [1.82, 2.24) is 4.90 Å². The molecule has 0 aromatic heterocycles. The minimum atomic E-state index is -2.92. The van der Waals surface area contributed by atoms with Gasteiger partial charge in [-0.2, -0.15) is 5.26 Å². The van der Waals surface area contributed by atoms with E-state index in [2.05, 4.69) is 6.07 Å². The average molecular weight is 296 g/mol. The standard InChI is InChI=1S/C14H20N2O3S/c1-3-20(17,18)10-8-16(2)7-9-19-14-6-4-5-13(11-14)12-15/h4-6,11H,3,7-10H2,1-2H3. The van der Waals surface area contributed by atoms with Crippen LogP contribution in [0.25, 0.3) is 0 Å². The normalized spacial score (nSPS) is 11.3. The molecule has 0 heterocycles. The molecule has 0 spiro atoms. The second-order valence-corrected chi connectivity index (χ2v) is 7.00. The fourth-order valence-electron chi connectivity index (χ4n) is 1.53. The first kappa shape index (κ1) is 16.5. The molecule has 0 aliphatic carbocycles. The fraction of sp³-hybridized carbons (Fsp3) is 0.500. The van der Waals surface area contributed by atoms with Crippen molar-refractivity contribution in [2.75, 3.05) is 38.2 Å². The maximum atomic E-state index is 11.4. The first-order valence-corrected chi connectivity index (χ1v) is 8.31. The molecule has 0 aliphatic rings. The van der Waals surface area contributed by atoms with Crippen molar-refractivity contribution in [2.24, 2.45) is 0 Å². The highest BCUT2D eigenvalue weighted by Crippen LogP contribution is 2.12. The molecule has 6 heteroatoms. The molecule has 0 aliphatic heterocycles. The lowest BCUT2D eigenvalue weighted by atomic mass is 10.2. The van der Waals surface area contributed by atoms with Crippen LogP contribution in [-0.4, -0.2) is 51.6 Å². The van der Waals surface area contributed by atoms with E-state index in [4.69, 9.17) is 10.00 Å². The van der Waals surface area contributed by atoms with Crippen molar-refractivity contribution >= 4 is 9.84 Å². The molecule has 20 heavy (non-hydrogen) atoms. The van der Waals surface area contributed by atoms with Gasteiger partial charge in [0.15, 0.2) is 9.84 Å². The van der Waals surface area contributed by atoms with Gasteiger partial charge in [0.25, 0.3) is 0 Å². The number of hydrogen-bond acceptors (Lipinski definition) is 5. The zero-order valence-corrected chi connectivity index (χ0v) is 12.7. The third-order valence-corrected chi connectivity index (χ3v) is 4.61. The first-order chi connectivity index (χ1) is 9.46. The van der Waals surface area contributed by atoms with Crippen LogP contribution in [0.2, 0.25) is 0 Å². The largest absolute Gasteiger partial charge is 0.492 e. The van der Waals surface area contributed by atoms with Crippen molar-refractivity contribution < 1.29 is 13.2 Å². The van der Waals surface area contributed by atoms with Crippen molar-refractivity contribution in [2.45, 2.75) is 6.92 Å². The Kier molecular flexibility index (Phi) is 6.49. The van der Waals surface area contributed by atoms with Gasteiger partial charge in [0.2, 0.25) is 0 Å². The summed E-state index contributed by atoms with van der Waals surface area (Å²) in [7, 11) is -1.06. The Balaban J connectivity index is 2.31. The van der Waals surface area contributed by atoms with Gasteiger partial charge in [0.1, 0.15) is 12.4 Å². The van der Waals surface area contributed by atoms with E-state index in [1.165, 1.54) is 0 Å². The molecular weight excluding hydrogens is 276 g/mol. The number of nitriles is 1. The second kappa shape index (κ2) is 7.88. The van der Waals surface area contributed by atoms with Crippen molar-refractivity contribution in [1.29, 1.82) is 5.26 Å². The van der Waals surface area contributed by atoms with E-state index >= 15 is 0 Å². The summed E-state index contributed by atoms with van der Waals surface area (Å²) < 4.78 is 28.3. The molecule has 0 bridgehead atoms.